The molecule has 0 radical (unpaired) electrons. The van der Waals surface area contributed by atoms with Gasteiger partial charge in [0.25, 0.3) is 0 Å². The Balaban J connectivity index is 0.000000383. The van der Waals surface area contributed by atoms with Gasteiger partial charge in [-0.15, -0.1) is 0 Å². The fourth-order valence-corrected chi connectivity index (χ4v) is 3.34. The van der Waals surface area contributed by atoms with Crippen LogP contribution in [0.15, 0.2) is 6.20 Å². The van der Waals surface area contributed by atoms with Crippen LogP contribution in [0.1, 0.15) is 34.8 Å². The largest absolute Gasteiger partial charge is 0.490 e. The van der Waals surface area contributed by atoms with Gasteiger partial charge in [-0.3, -0.25) is 4.90 Å². The molecule has 10 nitrogen and oxygen atoms in total. The molecule has 2 aliphatic heterocycles. The highest BCUT2D eigenvalue weighted by molar-refractivity contribution is 5.95. The maximum Gasteiger partial charge on any atom is 0.490 e. The molecule has 0 saturated carbocycles. The maximum absolute atomic E-state index is 11.8. The quantitative estimate of drug-likeness (QED) is 0.495. The van der Waals surface area contributed by atoms with Crippen LogP contribution in [0.3, 0.4) is 0 Å². The van der Waals surface area contributed by atoms with Crippen LogP contribution >= 0.6 is 0 Å². The number of halogens is 6. The summed E-state index contributed by atoms with van der Waals surface area (Å²) < 4.78 is 68.9. The molecular formula is C20H25F6N3O7. The zero-order valence-corrected chi connectivity index (χ0v) is 19.2. The Morgan fingerprint density at radius 2 is 1.64 bits per heavy atom. The molecule has 1 aromatic rings. The molecule has 1 aromatic heterocycles. The topological polar surface area (TPSA) is 140 Å². The van der Waals surface area contributed by atoms with E-state index < -0.39 is 30.3 Å². The van der Waals surface area contributed by atoms with Crippen molar-refractivity contribution in [3.05, 3.63) is 22.9 Å². The lowest BCUT2D eigenvalue weighted by molar-refractivity contribution is -0.193. The molecule has 3 heterocycles. The van der Waals surface area contributed by atoms with Gasteiger partial charge in [0.1, 0.15) is 11.4 Å². The van der Waals surface area contributed by atoms with Crippen molar-refractivity contribution in [1.29, 1.82) is 0 Å². The molecule has 1 unspecified atom stereocenters. The minimum atomic E-state index is -5.08. The third-order valence-electron chi connectivity index (χ3n) is 5.23. The first kappa shape index (κ1) is 30.9. The predicted octanol–water partition coefficient (Wildman–Crippen LogP) is 2.65. The molecular weight excluding hydrogens is 508 g/mol. The summed E-state index contributed by atoms with van der Waals surface area (Å²) in [6, 6.07) is 0.458. The van der Waals surface area contributed by atoms with E-state index in [1.165, 1.54) is 0 Å². The minimum absolute atomic E-state index is 0.379. The number of anilines is 1. The number of aromatic carboxylic acids is 1. The SMILES string of the molecule is CCN(C)c1ncc2c(c1C(=O)O)CCN(C1CCOC1)C2.O=C(O)C(F)(F)F.O=C(O)C(F)(F)F. The number of rotatable bonds is 4. The molecule has 0 bridgehead atoms. The second-order valence-corrected chi connectivity index (χ2v) is 7.62. The zero-order valence-electron chi connectivity index (χ0n) is 19.2. The molecule has 204 valence electrons. The Bertz CT molecular complexity index is 910. The van der Waals surface area contributed by atoms with E-state index in [-0.39, 0.29) is 0 Å². The molecule has 0 aliphatic carbocycles. The monoisotopic (exact) mass is 533 g/mol. The van der Waals surface area contributed by atoms with E-state index in [1.807, 2.05) is 25.1 Å². The minimum Gasteiger partial charge on any atom is -0.478 e. The van der Waals surface area contributed by atoms with Gasteiger partial charge in [-0.2, -0.15) is 26.3 Å². The molecule has 1 saturated heterocycles. The Morgan fingerprint density at radius 1 is 1.11 bits per heavy atom. The molecule has 1 atom stereocenters. The number of ether oxygens (including phenoxy) is 1. The molecule has 3 rings (SSSR count). The van der Waals surface area contributed by atoms with Crippen molar-refractivity contribution in [2.24, 2.45) is 0 Å². The van der Waals surface area contributed by atoms with Crippen molar-refractivity contribution < 1.29 is 60.8 Å². The smallest absolute Gasteiger partial charge is 0.478 e. The number of fused-ring (bicyclic) bond motifs is 1. The third-order valence-corrected chi connectivity index (χ3v) is 5.23. The number of hydrogen-bond donors (Lipinski definition) is 3. The molecule has 2 aliphatic rings. The fraction of sp³-hybridized carbons (Fsp3) is 0.600. The Kier molecular flexibility index (Phi) is 10.9. The van der Waals surface area contributed by atoms with Crippen molar-refractivity contribution in [1.82, 2.24) is 9.88 Å². The van der Waals surface area contributed by atoms with Crippen LogP contribution in [-0.4, -0.2) is 94.9 Å². The van der Waals surface area contributed by atoms with Crippen LogP contribution in [0.4, 0.5) is 32.2 Å². The lowest BCUT2D eigenvalue weighted by Gasteiger charge is -2.34. The number of aliphatic carboxylic acids is 2. The van der Waals surface area contributed by atoms with Gasteiger partial charge in [0.15, 0.2) is 0 Å². The van der Waals surface area contributed by atoms with E-state index in [2.05, 4.69) is 9.88 Å². The number of pyridine rings is 1. The van der Waals surface area contributed by atoms with Crippen LogP contribution in [0, 0.1) is 0 Å². The first-order valence-corrected chi connectivity index (χ1v) is 10.4. The lowest BCUT2D eigenvalue weighted by Crippen LogP contribution is -2.40. The number of carboxylic acids is 3. The zero-order chi connectivity index (χ0) is 27.8. The second-order valence-electron chi connectivity index (χ2n) is 7.62. The van der Waals surface area contributed by atoms with E-state index in [0.29, 0.717) is 17.4 Å². The van der Waals surface area contributed by atoms with E-state index in [4.69, 9.17) is 24.5 Å². The van der Waals surface area contributed by atoms with Gasteiger partial charge in [-0.05, 0) is 30.9 Å². The van der Waals surface area contributed by atoms with Crippen LogP contribution in [0.25, 0.3) is 0 Å². The van der Waals surface area contributed by atoms with Crippen molar-refractivity contribution >= 4 is 23.7 Å². The second kappa shape index (κ2) is 12.7. The first-order valence-electron chi connectivity index (χ1n) is 10.4. The molecule has 36 heavy (non-hydrogen) atoms. The van der Waals surface area contributed by atoms with E-state index in [9.17, 15) is 36.2 Å². The van der Waals surface area contributed by atoms with E-state index >= 15 is 0 Å². The summed E-state index contributed by atoms with van der Waals surface area (Å²) >= 11 is 0. The average molecular weight is 533 g/mol. The van der Waals surface area contributed by atoms with Crippen LogP contribution in [-0.2, 0) is 27.3 Å². The highest BCUT2D eigenvalue weighted by atomic mass is 19.4. The first-order chi connectivity index (χ1) is 16.5. The number of carbonyl (C=O) groups is 3. The highest BCUT2D eigenvalue weighted by Gasteiger charge is 2.39. The molecule has 16 heteroatoms. The lowest BCUT2D eigenvalue weighted by atomic mass is 9.95. The van der Waals surface area contributed by atoms with Crippen LogP contribution in [0.5, 0.6) is 0 Å². The predicted molar refractivity (Wildman–Crippen MR) is 111 cm³/mol. The molecule has 1 fully saturated rings. The summed E-state index contributed by atoms with van der Waals surface area (Å²) in [5, 5.41) is 23.9. The van der Waals surface area contributed by atoms with Crippen molar-refractivity contribution in [3.63, 3.8) is 0 Å². The van der Waals surface area contributed by atoms with Gasteiger partial charge in [-0.1, -0.05) is 0 Å². The van der Waals surface area contributed by atoms with Crippen LogP contribution < -0.4 is 4.90 Å². The highest BCUT2D eigenvalue weighted by Crippen LogP contribution is 2.30. The number of hydrogen-bond acceptors (Lipinski definition) is 7. The number of alkyl halides is 6. The molecule has 0 amide bonds. The van der Waals surface area contributed by atoms with Crippen molar-refractivity contribution in [3.8, 4) is 0 Å². The third kappa shape index (κ3) is 8.82. The number of nitrogens with zero attached hydrogens (tertiary/aromatic N) is 3. The van der Waals surface area contributed by atoms with Gasteiger partial charge in [0.05, 0.1) is 6.61 Å². The van der Waals surface area contributed by atoms with Gasteiger partial charge < -0.3 is 25.0 Å². The fourth-order valence-electron chi connectivity index (χ4n) is 3.34. The van der Waals surface area contributed by atoms with E-state index in [0.717, 1.165) is 56.8 Å². The van der Waals surface area contributed by atoms with Crippen LogP contribution in [0.2, 0.25) is 0 Å². The summed E-state index contributed by atoms with van der Waals surface area (Å²) in [5.74, 6) is -5.82. The standard InChI is InChI=1S/C16H23N3O3.2C2HF3O2/c1-3-18(2)15-14(16(20)21)13-4-6-19(9-11(13)8-17-15)12-5-7-22-10-12;2*3-2(4,5)1(6)7/h8,12H,3-7,9-10H2,1-2H3,(H,20,21);2*(H,6,7). The summed E-state index contributed by atoms with van der Waals surface area (Å²) in [5.41, 5.74) is 2.38. The number of carboxylic acid groups (broad SMARTS) is 3. The van der Waals surface area contributed by atoms with Gasteiger partial charge >= 0.3 is 30.3 Å². The number of aromatic nitrogens is 1. The Morgan fingerprint density at radius 3 is 2.03 bits per heavy atom. The molecule has 3 N–H and O–H groups in total. The van der Waals surface area contributed by atoms with Gasteiger partial charge in [0, 0.05) is 45.5 Å². The summed E-state index contributed by atoms with van der Waals surface area (Å²) in [6.07, 6.45) is -6.49. The summed E-state index contributed by atoms with van der Waals surface area (Å²) in [6.45, 7) is 6.00. The average Bonchev–Trinajstić information content (AvgIpc) is 3.31. The normalized spacial score (nSPS) is 17.6. The Hall–Kier alpha value is -3.14. The van der Waals surface area contributed by atoms with Crippen molar-refractivity contribution in [2.45, 2.75) is 44.7 Å². The van der Waals surface area contributed by atoms with Crippen molar-refractivity contribution in [2.75, 3.05) is 38.3 Å². The van der Waals surface area contributed by atoms with Gasteiger partial charge in [-0.25, -0.2) is 19.4 Å². The molecule has 0 spiro atoms. The summed E-state index contributed by atoms with van der Waals surface area (Å²) in [4.78, 5) is 38.3. The molecule has 0 aromatic carbocycles. The van der Waals surface area contributed by atoms with Gasteiger partial charge in [0.2, 0.25) is 0 Å². The summed E-state index contributed by atoms with van der Waals surface area (Å²) in [7, 11) is 1.88. The maximum atomic E-state index is 11.8. The Labute approximate surface area is 201 Å². The van der Waals surface area contributed by atoms with E-state index in [1.54, 1.807) is 0 Å².